The molecule has 0 radical (unpaired) electrons. The Bertz CT molecular complexity index is 676. The molecule has 1 heterocycles. The van der Waals surface area contributed by atoms with E-state index >= 15 is 0 Å². The molecule has 2 rings (SSSR count). The van der Waals surface area contributed by atoms with Crippen molar-refractivity contribution in [2.75, 3.05) is 7.11 Å². The lowest BCUT2D eigenvalue weighted by atomic mass is 10.0. The monoisotopic (exact) mass is 426 g/mol. The van der Waals surface area contributed by atoms with Crippen molar-refractivity contribution in [1.29, 1.82) is 0 Å². The highest BCUT2D eigenvalue weighted by Crippen LogP contribution is 2.38. The van der Waals surface area contributed by atoms with E-state index in [1.807, 2.05) is 12.1 Å². The quantitative estimate of drug-likeness (QED) is 0.474. The molecule has 1 aromatic carbocycles. The van der Waals surface area contributed by atoms with Gasteiger partial charge in [0.05, 0.1) is 6.61 Å². The van der Waals surface area contributed by atoms with Crippen molar-refractivity contribution in [3.8, 4) is 0 Å². The van der Waals surface area contributed by atoms with Crippen molar-refractivity contribution in [3.63, 3.8) is 0 Å². The van der Waals surface area contributed by atoms with Crippen LogP contribution in [0.2, 0.25) is 18.1 Å². The average molecular weight is 427 g/mol. The Morgan fingerprint density at radius 1 is 1.17 bits per heavy atom. The van der Waals surface area contributed by atoms with Crippen molar-refractivity contribution in [1.82, 2.24) is 0 Å². The fourth-order valence-corrected chi connectivity index (χ4v) is 4.49. The maximum Gasteiger partial charge on any atom is 0.192 e. The molecule has 5 heteroatoms. The number of ether oxygens (including phenoxy) is 1. The molecule has 1 unspecified atom stereocenters. The Hall–Kier alpha value is -0.463. The van der Waals surface area contributed by atoms with E-state index in [1.165, 1.54) is 10.4 Å². The molecule has 0 bridgehead atoms. The second-order valence-electron chi connectivity index (χ2n) is 7.57. The topological polar surface area (TPSA) is 18.5 Å². The van der Waals surface area contributed by atoms with E-state index in [0.717, 1.165) is 10.0 Å². The number of halogens is 1. The standard InChI is InChI=1S/C19H27BrO2SSi/c1-19(2,3)24(5,6)22-12-17-11-15(13-23-17)18(21-4)14-8-7-9-16(20)10-14/h7-11,13,18H,12H2,1-6H3. The third kappa shape index (κ3) is 4.79. The predicted molar refractivity (Wildman–Crippen MR) is 109 cm³/mol. The Kier molecular flexibility index (Phi) is 6.48. The minimum Gasteiger partial charge on any atom is -0.412 e. The number of benzene rings is 1. The van der Waals surface area contributed by atoms with Gasteiger partial charge in [-0.25, -0.2) is 0 Å². The summed E-state index contributed by atoms with van der Waals surface area (Å²) in [7, 11) is 0.0429. The maximum atomic E-state index is 6.33. The van der Waals surface area contributed by atoms with Gasteiger partial charge in [0.1, 0.15) is 6.10 Å². The second-order valence-corrected chi connectivity index (χ2v) is 14.3. The third-order valence-corrected chi connectivity index (χ3v) is 10.6. The molecule has 0 fully saturated rings. The van der Waals surface area contributed by atoms with Gasteiger partial charge in [-0.1, -0.05) is 48.8 Å². The molecule has 24 heavy (non-hydrogen) atoms. The Labute approximate surface area is 159 Å². The number of rotatable bonds is 6. The molecule has 0 spiro atoms. The van der Waals surface area contributed by atoms with Gasteiger partial charge in [-0.15, -0.1) is 11.3 Å². The highest BCUT2D eigenvalue weighted by atomic mass is 79.9. The first-order chi connectivity index (χ1) is 11.1. The van der Waals surface area contributed by atoms with Crippen LogP contribution in [0.1, 0.15) is 42.9 Å². The van der Waals surface area contributed by atoms with Crippen LogP contribution in [0.4, 0.5) is 0 Å². The summed E-state index contributed by atoms with van der Waals surface area (Å²) < 4.78 is 13.1. The van der Waals surface area contributed by atoms with Gasteiger partial charge >= 0.3 is 0 Å². The van der Waals surface area contributed by atoms with Crippen molar-refractivity contribution in [2.45, 2.75) is 51.6 Å². The Balaban J connectivity index is 2.12. The van der Waals surface area contributed by atoms with Crippen LogP contribution in [0.25, 0.3) is 0 Å². The summed E-state index contributed by atoms with van der Waals surface area (Å²) in [5, 5.41) is 2.41. The van der Waals surface area contributed by atoms with Crippen LogP contribution in [0, 0.1) is 0 Å². The van der Waals surface area contributed by atoms with Gasteiger partial charge in [-0.2, -0.15) is 0 Å². The van der Waals surface area contributed by atoms with Crippen LogP contribution < -0.4 is 0 Å². The summed E-state index contributed by atoms with van der Waals surface area (Å²) in [5.41, 5.74) is 2.34. The van der Waals surface area contributed by atoms with E-state index in [-0.39, 0.29) is 11.1 Å². The zero-order valence-electron chi connectivity index (χ0n) is 15.4. The third-order valence-electron chi connectivity index (χ3n) is 4.75. The highest BCUT2D eigenvalue weighted by molar-refractivity contribution is 9.10. The number of methoxy groups -OCH3 is 1. The van der Waals surface area contributed by atoms with Gasteiger partial charge < -0.3 is 9.16 Å². The fraction of sp³-hybridized carbons (Fsp3) is 0.474. The number of hydrogen-bond donors (Lipinski definition) is 0. The first-order valence-electron chi connectivity index (χ1n) is 8.13. The van der Waals surface area contributed by atoms with Crippen molar-refractivity contribution >= 4 is 35.6 Å². The summed E-state index contributed by atoms with van der Waals surface area (Å²) in [5.74, 6) is 0. The molecule has 0 aliphatic rings. The highest BCUT2D eigenvalue weighted by Gasteiger charge is 2.37. The Morgan fingerprint density at radius 3 is 2.46 bits per heavy atom. The average Bonchev–Trinajstić information content (AvgIpc) is 2.94. The van der Waals surface area contributed by atoms with E-state index in [9.17, 15) is 0 Å². The molecule has 0 aliphatic heterocycles. The smallest absolute Gasteiger partial charge is 0.192 e. The van der Waals surface area contributed by atoms with E-state index < -0.39 is 8.32 Å². The van der Waals surface area contributed by atoms with Crippen molar-refractivity contribution in [3.05, 3.63) is 56.2 Å². The van der Waals surface area contributed by atoms with Gasteiger partial charge in [0.15, 0.2) is 8.32 Å². The normalized spacial score (nSPS) is 14.0. The zero-order chi connectivity index (χ0) is 18.0. The molecular weight excluding hydrogens is 400 g/mol. The number of hydrogen-bond acceptors (Lipinski definition) is 3. The summed E-state index contributed by atoms with van der Waals surface area (Å²) >= 11 is 5.28. The summed E-state index contributed by atoms with van der Waals surface area (Å²) in [6.45, 7) is 12.1. The van der Waals surface area contributed by atoms with Crippen molar-refractivity contribution in [2.24, 2.45) is 0 Å². The molecule has 0 amide bonds. The fourth-order valence-electron chi connectivity index (χ4n) is 2.21. The van der Waals surface area contributed by atoms with Crippen LogP contribution in [0.5, 0.6) is 0 Å². The number of thiophene rings is 1. The van der Waals surface area contributed by atoms with E-state index in [1.54, 1.807) is 18.4 Å². The van der Waals surface area contributed by atoms with Gasteiger partial charge in [0, 0.05) is 16.5 Å². The van der Waals surface area contributed by atoms with Crippen molar-refractivity contribution < 1.29 is 9.16 Å². The van der Waals surface area contributed by atoms with Crippen LogP contribution in [-0.2, 0) is 15.8 Å². The molecule has 2 nitrogen and oxygen atoms in total. The molecule has 1 aromatic heterocycles. The lowest BCUT2D eigenvalue weighted by Gasteiger charge is -2.36. The van der Waals surface area contributed by atoms with Crippen LogP contribution in [0.15, 0.2) is 40.2 Å². The molecule has 0 aliphatic carbocycles. The first kappa shape index (κ1) is 19.9. The van der Waals surface area contributed by atoms with Gasteiger partial charge in [0.25, 0.3) is 0 Å². The van der Waals surface area contributed by atoms with Gasteiger partial charge in [-0.05, 0) is 52.8 Å². The second kappa shape index (κ2) is 7.83. The minimum absolute atomic E-state index is 0.0413. The summed E-state index contributed by atoms with van der Waals surface area (Å²) in [6.07, 6.45) is -0.0413. The SMILES string of the molecule is COC(c1cccc(Br)c1)c1csc(CO[Si](C)(C)C(C)(C)C)c1. The molecule has 0 saturated carbocycles. The lowest BCUT2D eigenvalue weighted by Crippen LogP contribution is -2.40. The minimum atomic E-state index is -1.72. The summed E-state index contributed by atoms with van der Waals surface area (Å²) in [4.78, 5) is 1.26. The zero-order valence-corrected chi connectivity index (χ0v) is 18.8. The molecule has 1 atom stereocenters. The predicted octanol–water partition coefficient (Wildman–Crippen LogP) is 6.77. The van der Waals surface area contributed by atoms with Crippen LogP contribution in [-0.4, -0.2) is 15.4 Å². The molecular formula is C19H27BrO2SSi. The maximum absolute atomic E-state index is 6.33. The molecule has 0 saturated heterocycles. The largest absolute Gasteiger partial charge is 0.412 e. The Morgan fingerprint density at radius 2 is 1.88 bits per heavy atom. The van der Waals surface area contributed by atoms with E-state index in [0.29, 0.717) is 6.61 Å². The van der Waals surface area contributed by atoms with Gasteiger partial charge in [-0.3, -0.25) is 0 Å². The molecule has 2 aromatic rings. The lowest BCUT2D eigenvalue weighted by molar-refractivity contribution is 0.136. The summed E-state index contributed by atoms with van der Waals surface area (Å²) in [6, 6.07) is 10.5. The van der Waals surface area contributed by atoms with E-state index in [4.69, 9.17) is 9.16 Å². The van der Waals surface area contributed by atoms with Crippen LogP contribution >= 0.6 is 27.3 Å². The first-order valence-corrected chi connectivity index (χ1v) is 12.7. The van der Waals surface area contributed by atoms with E-state index in [2.05, 4.69) is 73.4 Å². The van der Waals surface area contributed by atoms with Gasteiger partial charge in [0.2, 0.25) is 0 Å². The molecule has 132 valence electrons. The van der Waals surface area contributed by atoms with Crippen LogP contribution in [0.3, 0.4) is 0 Å². The molecule has 0 N–H and O–H groups in total.